The maximum atomic E-state index is 12.7. The third kappa shape index (κ3) is 3.41. The fourth-order valence-corrected chi connectivity index (χ4v) is 3.99. The van der Waals surface area contributed by atoms with Crippen LogP contribution in [0, 0.1) is 5.92 Å². The Labute approximate surface area is 134 Å². The van der Waals surface area contributed by atoms with Crippen molar-refractivity contribution < 1.29 is 32.9 Å². The van der Waals surface area contributed by atoms with Gasteiger partial charge >= 0.3 is 5.97 Å². The van der Waals surface area contributed by atoms with Crippen molar-refractivity contribution in [3.63, 3.8) is 0 Å². The number of carboxylic acid groups (broad SMARTS) is 1. The lowest BCUT2D eigenvalue weighted by Crippen LogP contribution is -2.48. The summed E-state index contributed by atoms with van der Waals surface area (Å²) < 4.78 is 36.6. The fraction of sp³-hybridized carbons (Fsp3) is 0.500. The average molecular weight is 345 g/mol. The van der Waals surface area contributed by atoms with E-state index in [9.17, 15) is 18.3 Å². The molecule has 0 aliphatic carbocycles. The van der Waals surface area contributed by atoms with Crippen LogP contribution in [0.15, 0.2) is 23.1 Å². The molecule has 2 rings (SSSR count). The van der Waals surface area contributed by atoms with Crippen LogP contribution >= 0.6 is 0 Å². The number of rotatable bonds is 5. The van der Waals surface area contributed by atoms with Crippen LogP contribution in [0.2, 0.25) is 0 Å². The van der Waals surface area contributed by atoms with Gasteiger partial charge < -0.3 is 19.7 Å². The van der Waals surface area contributed by atoms with Gasteiger partial charge in [-0.3, -0.25) is 4.79 Å². The molecule has 1 aliphatic rings. The number of ether oxygens (including phenoxy) is 2. The molecule has 9 heteroatoms. The lowest BCUT2D eigenvalue weighted by atomic mass is 9.96. The van der Waals surface area contributed by atoms with E-state index in [2.05, 4.69) is 0 Å². The Morgan fingerprint density at radius 1 is 1.26 bits per heavy atom. The zero-order chi connectivity index (χ0) is 17.2. The molecule has 1 saturated heterocycles. The summed E-state index contributed by atoms with van der Waals surface area (Å²) in [5.74, 6) is -1.70. The molecule has 0 spiro atoms. The number of aliphatic hydroxyl groups excluding tert-OH is 1. The topological polar surface area (TPSA) is 113 Å². The van der Waals surface area contributed by atoms with Crippen LogP contribution in [0.25, 0.3) is 0 Å². The third-order valence-electron chi connectivity index (χ3n) is 3.85. The van der Waals surface area contributed by atoms with Gasteiger partial charge in [-0.15, -0.1) is 0 Å². The minimum absolute atomic E-state index is 0.0179. The quantitative estimate of drug-likeness (QED) is 0.781. The Morgan fingerprint density at radius 3 is 2.48 bits per heavy atom. The van der Waals surface area contributed by atoms with Gasteiger partial charge in [0.25, 0.3) is 0 Å². The molecular formula is C14H19NO7S. The second-order valence-corrected chi connectivity index (χ2v) is 7.12. The summed E-state index contributed by atoms with van der Waals surface area (Å²) in [5, 5.41) is 18.8. The zero-order valence-electron chi connectivity index (χ0n) is 12.8. The second-order valence-electron chi connectivity index (χ2n) is 5.18. The Morgan fingerprint density at radius 2 is 1.91 bits per heavy atom. The van der Waals surface area contributed by atoms with Crippen LogP contribution in [-0.2, 0) is 14.8 Å². The van der Waals surface area contributed by atoms with Gasteiger partial charge in [0.1, 0.15) is 0 Å². The fourth-order valence-electron chi connectivity index (χ4n) is 2.50. The van der Waals surface area contributed by atoms with Gasteiger partial charge in [0.2, 0.25) is 10.0 Å². The minimum Gasteiger partial charge on any atom is -0.493 e. The van der Waals surface area contributed by atoms with Gasteiger partial charge in [0.15, 0.2) is 11.5 Å². The van der Waals surface area contributed by atoms with Crippen molar-refractivity contribution in [3.8, 4) is 11.5 Å². The summed E-state index contributed by atoms with van der Waals surface area (Å²) in [6.07, 6.45) is -0.979. The highest BCUT2D eigenvalue weighted by molar-refractivity contribution is 7.89. The standard InChI is InChI=1S/C14H19NO7S/c1-21-12-4-3-9(7-13(12)22-2)23(19,20)15-6-5-11(16)10(8-15)14(17)18/h3-4,7,10-11,16H,5-6,8H2,1-2H3,(H,17,18)/t10-,11-/m0/s1. The molecule has 0 bridgehead atoms. The first-order chi connectivity index (χ1) is 10.8. The van der Waals surface area contributed by atoms with E-state index < -0.39 is 28.0 Å². The molecule has 128 valence electrons. The van der Waals surface area contributed by atoms with Gasteiger partial charge in [0, 0.05) is 19.2 Å². The van der Waals surface area contributed by atoms with Crippen molar-refractivity contribution in [1.82, 2.24) is 4.31 Å². The molecule has 23 heavy (non-hydrogen) atoms. The lowest BCUT2D eigenvalue weighted by molar-refractivity contribution is -0.147. The van der Waals surface area contributed by atoms with Crippen molar-refractivity contribution in [2.24, 2.45) is 5.92 Å². The minimum atomic E-state index is -3.89. The Balaban J connectivity index is 2.33. The molecule has 2 N–H and O–H groups in total. The molecule has 0 saturated carbocycles. The number of aliphatic carboxylic acids is 1. The summed E-state index contributed by atoms with van der Waals surface area (Å²) in [5.41, 5.74) is 0. The number of piperidine rings is 1. The van der Waals surface area contributed by atoms with Crippen LogP contribution < -0.4 is 9.47 Å². The number of carboxylic acids is 1. The Bertz CT molecular complexity index is 688. The van der Waals surface area contributed by atoms with Gasteiger partial charge in [-0.05, 0) is 18.6 Å². The van der Waals surface area contributed by atoms with Gasteiger partial charge in [0.05, 0.1) is 31.1 Å². The van der Waals surface area contributed by atoms with E-state index in [0.29, 0.717) is 5.75 Å². The third-order valence-corrected chi connectivity index (χ3v) is 5.71. The summed E-state index contributed by atoms with van der Waals surface area (Å²) in [6.45, 7) is -0.213. The maximum Gasteiger partial charge on any atom is 0.310 e. The molecule has 0 unspecified atom stereocenters. The van der Waals surface area contributed by atoms with Crippen molar-refractivity contribution in [1.29, 1.82) is 0 Å². The van der Waals surface area contributed by atoms with Crippen molar-refractivity contribution >= 4 is 16.0 Å². The highest BCUT2D eigenvalue weighted by Crippen LogP contribution is 2.32. The molecule has 1 aromatic rings. The summed E-state index contributed by atoms with van der Waals surface area (Å²) in [4.78, 5) is 11.1. The highest BCUT2D eigenvalue weighted by Gasteiger charge is 2.38. The zero-order valence-corrected chi connectivity index (χ0v) is 13.6. The average Bonchev–Trinajstić information content (AvgIpc) is 2.53. The van der Waals surface area contributed by atoms with Crippen LogP contribution in [0.5, 0.6) is 11.5 Å². The maximum absolute atomic E-state index is 12.7. The van der Waals surface area contributed by atoms with Gasteiger partial charge in [-0.1, -0.05) is 0 Å². The smallest absolute Gasteiger partial charge is 0.310 e. The number of nitrogens with zero attached hydrogens (tertiary/aromatic N) is 1. The number of sulfonamides is 1. The second kappa shape index (κ2) is 6.73. The summed E-state index contributed by atoms with van der Waals surface area (Å²) in [6, 6.07) is 4.17. The molecule has 0 aromatic heterocycles. The first kappa shape index (κ1) is 17.5. The van der Waals surface area contributed by atoms with E-state index in [4.69, 9.17) is 14.6 Å². The Hall–Kier alpha value is -1.84. The predicted molar refractivity (Wildman–Crippen MR) is 80.1 cm³/mol. The molecule has 1 heterocycles. The predicted octanol–water partition coefficient (Wildman–Crippen LogP) is 0.160. The highest BCUT2D eigenvalue weighted by atomic mass is 32.2. The molecule has 1 aliphatic heterocycles. The molecule has 1 aromatic carbocycles. The van der Waals surface area contributed by atoms with Gasteiger partial charge in [-0.25, -0.2) is 8.42 Å². The van der Waals surface area contributed by atoms with E-state index in [1.807, 2.05) is 0 Å². The van der Waals surface area contributed by atoms with Crippen LogP contribution in [0.3, 0.4) is 0 Å². The van der Waals surface area contributed by atoms with E-state index in [-0.39, 0.29) is 30.2 Å². The Kier molecular flexibility index (Phi) is 5.12. The van der Waals surface area contributed by atoms with Crippen molar-refractivity contribution in [3.05, 3.63) is 18.2 Å². The van der Waals surface area contributed by atoms with Crippen LogP contribution in [0.1, 0.15) is 6.42 Å². The largest absolute Gasteiger partial charge is 0.493 e. The van der Waals surface area contributed by atoms with E-state index in [1.165, 1.54) is 32.4 Å². The first-order valence-electron chi connectivity index (χ1n) is 6.94. The molecule has 0 amide bonds. The van der Waals surface area contributed by atoms with Crippen LogP contribution in [-0.4, -0.2) is 62.3 Å². The molecule has 0 radical (unpaired) electrons. The number of methoxy groups -OCH3 is 2. The molecule has 8 nitrogen and oxygen atoms in total. The van der Waals surface area contributed by atoms with Crippen LogP contribution in [0.4, 0.5) is 0 Å². The SMILES string of the molecule is COc1ccc(S(=O)(=O)N2CC[C@H](O)[C@@H](C(=O)O)C2)cc1OC. The number of benzene rings is 1. The first-order valence-corrected chi connectivity index (χ1v) is 8.38. The van der Waals surface area contributed by atoms with E-state index in [1.54, 1.807) is 0 Å². The summed E-state index contributed by atoms with van der Waals surface area (Å²) in [7, 11) is -1.05. The van der Waals surface area contributed by atoms with Crippen molar-refractivity contribution in [2.45, 2.75) is 17.4 Å². The summed E-state index contributed by atoms with van der Waals surface area (Å²) >= 11 is 0. The lowest BCUT2D eigenvalue weighted by Gasteiger charge is -2.33. The number of hydrogen-bond donors (Lipinski definition) is 2. The molecule has 2 atom stereocenters. The number of aliphatic hydroxyl groups is 1. The number of carbonyl (C=O) groups is 1. The van der Waals surface area contributed by atoms with Gasteiger partial charge in [-0.2, -0.15) is 4.31 Å². The van der Waals surface area contributed by atoms with E-state index in [0.717, 1.165) is 4.31 Å². The molecule has 1 fully saturated rings. The molecular weight excluding hydrogens is 326 g/mol. The van der Waals surface area contributed by atoms with Crippen molar-refractivity contribution in [2.75, 3.05) is 27.3 Å². The van der Waals surface area contributed by atoms with E-state index >= 15 is 0 Å². The monoisotopic (exact) mass is 345 g/mol. The normalized spacial score (nSPS) is 22.6. The number of hydrogen-bond acceptors (Lipinski definition) is 6.